The highest BCUT2D eigenvalue weighted by molar-refractivity contribution is 4.84. The van der Waals surface area contributed by atoms with Crippen LogP contribution >= 0.6 is 0 Å². The molecule has 17 heavy (non-hydrogen) atoms. The van der Waals surface area contributed by atoms with Crippen molar-refractivity contribution in [2.45, 2.75) is 39.4 Å². The van der Waals surface area contributed by atoms with Gasteiger partial charge in [0.15, 0.2) is 0 Å². The third-order valence-electron chi connectivity index (χ3n) is 3.92. The number of halogens is 3. The molecule has 2 N–H and O–H groups in total. The van der Waals surface area contributed by atoms with Crippen LogP contribution in [-0.2, 0) is 0 Å². The first-order valence-corrected chi connectivity index (χ1v) is 6.26. The molecule has 0 aromatic rings. The SMILES string of the molecule is CC1CC(C)C(C)N(CC(CN)C(F)(F)F)C1. The van der Waals surface area contributed by atoms with E-state index >= 15 is 0 Å². The Morgan fingerprint density at radius 1 is 1.29 bits per heavy atom. The van der Waals surface area contributed by atoms with Gasteiger partial charge in [-0.05, 0) is 25.2 Å². The van der Waals surface area contributed by atoms with Gasteiger partial charge in [0.1, 0.15) is 0 Å². The van der Waals surface area contributed by atoms with Crippen LogP contribution in [0.2, 0.25) is 0 Å². The molecule has 1 fully saturated rings. The van der Waals surface area contributed by atoms with E-state index in [0.717, 1.165) is 13.0 Å². The number of piperidine rings is 1. The molecule has 4 atom stereocenters. The van der Waals surface area contributed by atoms with Gasteiger partial charge in [-0.1, -0.05) is 13.8 Å². The molecular weight excluding hydrogens is 229 g/mol. The summed E-state index contributed by atoms with van der Waals surface area (Å²) < 4.78 is 38.1. The Morgan fingerprint density at radius 2 is 1.88 bits per heavy atom. The zero-order valence-electron chi connectivity index (χ0n) is 10.8. The third kappa shape index (κ3) is 3.85. The number of rotatable bonds is 3. The van der Waals surface area contributed by atoms with Crippen LogP contribution in [0.25, 0.3) is 0 Å². The maximum atomic E-state index is 12.7. The van der Waals surface area contributed by atoms with Crippen molar-refractivity contribution in [2.24, 2.45) is 23.5 Å². The van der Waals surface area contributed by atoms with E-state index in [2.05, 4.69) is 13.8 Å². The van der Waals surface area contributed by atoms with Gasteiger partial charge >= 0.3 is 6.18 Å². The molecule has 0 aromatic carbocycles. The van der Waals surface area contributed by atoms with Gasteiger partial charge in [0.25, 0.3) is 0 Å². The molecule has 0 bridgehead atoms. The molecule has 0 spiro atoms. The van der Waals surface area contributed by atoms with Gasteiger partial charge in [-0.2, -0.15) is 13.2 Å². The smallest absolute Gasteiger partial charge is 0.330 e. The summed E-state index contributed by atoms with van der Waals surface area (Å²) in [4.78, 5) is 1.95. The Kier molecular flexibility index (Phi) is 4.84. The van der Waals surface area contributed by atoms with Gasteiger partial charge in [0.05, 0.1) is 5.92 Å². The van der Waals surface area contributed by atoms with Gasteiger partial charge in [0.2, 0.25) is 0 Å². The van der Waals surface area contributed by atoms with E-state index in [1.54, 1.807) is 0 Å². The van der Waals surface area contributed by atoms with E-state index < -0.39 is 12.1 Å². The molecule has 1 rings (SSSR count). The van der Waals surface area contributed by atoms with Crippen molar-refractivity contribution in [1.82, 2.24) is 4.90 Å². The average Bonchev–Trinajstić information content (AvgIpc) is 2.19. The number of nitrogens with zero attached hydrogens (tertiary/aromatic N) is 1. The van der Waals surface area contributed by atoms with Crippen LogP contribution in [0.4, 0.5) is 13.2 Å². The zero-order valence-corrected chi connectivity index (χ0v) is 10.8. The van der Waals surface area contributed by atoms with Crippen molar-refractivity contribution in [3.63, 3.8) is 0 Å². The quantitative estimate of drug-likeness (QED) is 0.836. The third-order valence-corrected chi connectivity index (χ3v) is 3.92. The minimum absolute atomic E-state index is 0.0375. The summed E-state index contributed by atoms with van der Waals surface area (Å²) in [6.07, 6.45) is -3.09. The maximum Gasteiger partial charge on any atom is 0.394 e. The van der Waals surface area contributed by atoms with Crippen LogP contribution in [0.5, 0.6) is 0 Å². The van der Waals surface area contributed by atoms with Gasteiger partial charge in [-0.25, -0.2) is 0 Å². The molecule has 102 valence electrons. The number of hydrogen-bond donors (Lipinski definition) is 1. The molecule has 0 aliphatic carbocycles. The van der Waals surface area contributed by atoms with Crippen LogP contribution in [-0.4, -0.2) is 36.8 Å². The van der Waals surface area contributed by atoms with Crippen molar-refractivity contribution in [3.05, 3.63) is 0 Å². The van der Waals surface area contributed by atoms with E-state index in [4.69, 9.17) is 5.73 Å². The number of alkyl halides is 3. The second-order valence-corrected chi connectivity index (χ2v) is 5.49. The monoisotopic (exact) mass is 252 g/mol. The Hall–Kier alpha value is -0.290. The molecule has 0 aromatic heterocycles. The van der Waals surface area contributed by atoms with Gasteiger partial charge < -0.3 is 5.73 Å². The van der Waals surface area contributed by atoms with Crippen LogP contribution in [0.1, 0.15) is 27.2 Å². The van der Waals surface area contributed by atoms with E-state index in [1.165, 1.54) is 0 Å². The predicted octanol–water partition coefficient (Wildman–Crippen LogP) is 2.49. The fourth-order valence-corrected chi connectivity index (χ4v) is 2.67. The highest BCUT2D eigenvalue weighted by atomic mass is 19.4. The Bertz CT molecular complexity index is 242. The Balaban J connectivity index is 2.65. The molecule has 0 radical (unpaired) electrons. The summed E-state index contributed by atoms with van der Waals surface area (Å²) in [5.74, 6) is -0.485. The molecule has 1 saturated heterocycles. The van der Waals surface area contributed by atoms with E-state index in [-0.39, 0.29) is 19.1 Å². The van der Waals surface area contributed by atoms with Crippen LogP contribution in [0.15, 0.2) is 0 Å². The first kappa shape index (κ1) is 14.8. The van der Waals surface area contributed by atoms with Crippen molar-refractivity contribution >= 4 is 0 Å². The average molecular weight is 252 g/mol. The predicted molar refractivity (Wildman–Crippen MR) is 62.6 cm³/mol. The van der Waals surface area contributed by atoms with Gasteiger partial charge in [-0.15, -0.1) is 0 Å². The largest absolute Gasteiger partial charge is 0.394 e. The lowest BCUT2D eigenvalue weighted by Crippen LogP contribution is -2.50. The maximum absolute atomic E-state index is 12.7. The first-order valence-electron chi connectivity index (χ1n) is 6.26. The van der Waals surface area contributed by atoms with Crippen LogP contribution in [0, 0.1) is 17.8 Å². The highest BCUT2D eigenvalue weighted by Gasteiger charge is 2.41. The molecule has 0 amide bonds. The summed E-state index contributed by atoms with van der Waals surface area (Å²) in [7, 11) is 0. The van der Waals surface area contributed by atoms with E-state index in [9.17, 15) is 13.2 Å². The molecule has 1 heterocycles. The standard InChI is InChI=1S/C12H23F3N2/c1-8-4-9(2)10(3)17(6-8)7-11(5-16)12(13,14)15/h8-11H,4-7,16H2,1-3H3. The normalized spacial score (nSPS) is 33.7. The molecule has 0 saturated carbocycles. The van der Waals surface area contributed by atoms with Gasteiger partial charge in [-0.3, -0.25) is 4.90 Å². The second kappa shape index (κ2) is 5.57. The molecule has 5 heteroatoms. The van der Waals surface area contributed by atoms with E-state index in [1.807, 2.05) is 11.8 Å². The molecule has 2 nitrogen and oxygen atoms in total. The molecule has 4 unspecified atom stereocenters. The summed E-state index contributed by atoms with van der Waals surface area (Å²) in [5.41, 5.74) is 5.24. The second-order valence-electron chi connectivity index (χ2n) is 5.49. The topological polar surface area (TPSA) is 29.3 Å². The summed E-state index contributed by atoms with van der Waals surface area (Å²) in [5, 5.41) is 0. The fourth-order valence-electron chi connectivity index (χ4n) is 2.67. The minimum atomic E-state index is -4.18. The zero-order chi connectivity index (χ0) is 13.2. The van der Waals surface area contributed by atoms with Crippen molar-refractivity contribution in [2.75, 3.05) is 19.6 Å². The van der Waals surface area contributed by atoms with Crippen LogP contribution < -0.4 is 5.73 Å². The Morgan fingerprint density at radius 3 is 2.35 bits per heavy atom. The number of likely N-dealkylation sites (tertiary alicyclic amines) is 1. The lowest BCUT2D eigenvalue weighted by molar-refractivity contribution is -0.179. The molecule has 1 aliphatic rings. The fraction of sp³-hybridized carbons (Fsp3) is 1.00. The molecular formula is C12H23F3N2. The Labute approximate surface area is 101 Å². The van der Waals surface area contributed by atoms with Crippen molar-refractivity contribution < 1.29 is 13.2 Å². The van der Waals surface area contributed by atoms with Gasteiger partial charge in [0, 0.05) is 25.7 Å². The van der Waals surface area contributed by atoms with Crippen molar-refractivity contribution in [1.29, 1.82) is 0 Å². The minimum Gasteiger partial charge on any atom is -0.330 e. The lowest BCUT2D eigenvalue weighted by atomic mass is 9.85. The summed E-state index contributed by atoms with van der Waals surface area (Å²) in [6, 6.07) is 0.211. The summed E-state index contributed by atoms with van der Waals surface area (Å²) in [6.45, 7) is 6.68. The summed E-state index contributed by atoms with van der Waals surface area (Å²) >= 11 is 0. The first-order chi connectivity index (χ1) is 7.75. The van der Waals surface area contributed by atoms with E-state index in [0.29, 0.717) is 11.8 Å². The lowest BCUT2D eigenvalue weighted by Gasteiger charge is -2.42. The number of nitrogens with two attached hydrogens (primary N) is 1. The highest BCUT2D eigenvalue weighted by Crippen LogP contribution is 2.31. The molecule has 1 aliphatic heterocycles. The number of hydrogen-bond acceptors (Lipinski definition) is 2. The van der Waals surface area contributed by atoms with Crippen molar-refractivity contribution in [3.8, 4) is 0 Å². The van der Waals surface area contributed by atoms with Crippen LogP contribution in [0.3, 0.4) is 0 Å².